The standard InChI is InChI=1S/C38H24N4S/c1-3-11-27(12-4-1)41-34-18-10-8-16-30(34)32-23-25(20-22-35(32)41)37-39-40-38(43-37)26-19-21-31-29-15-7-9-17-33(29)42(36(31)24-26)28-13-5-2-6-14-28/h1-24H. The predicted molar refractivity (Wildman–Crippen MR) is 179 cm³/mol. The molecular formula is C38H24N4S. The maximum Gasteiger partial charge on any atom is 0.148 e. The Morgan fingerprint density at radius 1 is 0.372 bits per heavy atom. The minimum Gasteiger partial charge on any atom is -0.309 e. The molecule has 0 bridgehead atoms. The summed E-state index contributed by atoms with van der Waals surface area (Å²) in [5, 5.41) is 16.1. The Kier molecular flexibility index (Phi) is 5.33. The Bertz CT molecular complexity index is 2450. The summed E-state index contributed by atoms with van der Waals surface area (Å²) in [6.07, 6.45) is 0. The monoisotopic (exact) mass is 568 g/mol. The summed E-state index contributed by atoms with van der Waals surface area (Å²) in [6.45, 7) is 0. The summed E-state index contributed by atoms with van der Waals surface area (Å²) >= 11 is 1.64. The lowest BCUT2D eigenvalue weighted by molar-refractivity contribution is 1.10. The van der Waals surface area contributed by atoms with Gasteiger partial charge in [0.1, 0.15) is 10.0 Å². The number of para-hydroxylation sites is 4. The molecule has 9 rings (SSSR count). The Morgan fingerprint density at radius 3 is 1.49 bits per heavy atom. The summed E-state index contributed by atoms with van der Waals surface area (Å²) < 4.78 is 4.67. The van der Waals surface area contributed by atoms with E-state index in [2.05, 4.69) is 165 Å². The van der Waals surface area contributed by atoms with Crippen LogP contribution in [-0.2, 0) is 0 Å². The molecule has 0 amide bonds. The zero-order chi connectivity index (χ0) is 28.3. The van der Waals surface area contributed by atoms with Gasteiger partial charge in [0, 0.05) is 44.0 Å². The molecular weight excluding hydrogens is 545 g/mol. The molecule has 3 aromatic heterocycles. The molecule has 0 aliphatic rings. The first kappa shape index (κ1) is 24.1. The second kappa shape index (κ2) is 9.51. The van der Waals surface area contributed by atoms with E-state index >= 15 is 0 Å². The van der Waals surface area contributed by atoms with E-state index in [1.54, 1.807) is 11.3 Å². The number of hydrogen-bond acceptors (Lipinski definition) is 3. The van der Waals surface area contributed by atoms with E-state index in [4.69, 9.17) is 0 Å². The minimum absolute atomic E-state index is 0.911. The molecule has 0 aliphatic carbocycles. The Morgan fingerprint density at radius 2 is 0.837 bits per heavy atom. The van der Waals surface area contributed by atoms with E-state index in [0.29, 0.717) is 0 Å². The second-order valence-corrected chi connectivity index (χ2v) is 11.7. The molecule has 9 aromatic rings. The van der Waals surface area contributed by atoms with E-state index in [1.165, 1.54) is 38.1 Å². The number of aromatic nitrogens is 4. The van der Waals surface area contributed by atoms with Gasteiger partial charge in [-0.3, -0.25) is 0 Å². The number of nitrogens with zero attached hydrogens (tertiary/aromatic N) is 4. The first-order chi connectivity index (χ1) is 21.3. The third-order valence-electron chi connectivity index (χ3n) is 8.29. The lowest BCUT2D eigenvalue weighted by atomic mass is 10.1. The fourth-order valence-electron chi connectivity index (χ4n) is 6.38. The molecule has 43 heavy (non-hydrogen) atoms. The van der Waals surface area contributed by atoms with Gasteiger partial charge in [-0.2, -0.15) is 0 Å². The number of benzene rings is 6. The molecule has 3 heterocycles. The molecule has 5 heteroatoms. The van der Waals surface area contributed by atoms with E-state index in [1.807, 2.05) is 0 Å². The van der Waals surface area contributed by atoms with Crippen molar-refractivity contribution in [2.24, 2.45) is 0 Å². The van der Waals surface area contributed by atoms with E-state index in [0.717, 1.165) is 38.0 Å². The van der Waals surface area contributed by atoms with Gasteiger partial charge in [-0.15, -0.1) is 10.2 Å². The smallest absolute Gasteiger partial charge is 0.148 e. The highest BCUT2D eigenvalue weighted by molar-refractivity contribution is 7.17. The average Bonchev–Trinajstić information content (AvgIpc) is 3.78. The molecule has 0 spiro atoms. The zero-order valence-corrected chi connectivity index (χ0v) is 23.9. The van der Waals surface area contributed by atoms with Gasteiger partial charge in [0.15, 0.2) is 0 Å². The normalized spacial score (nSPS) is 11.7. The van der Waals surface area contributed by atoms with Crippen LogP contribution in [-0.4, -0.2) is 19.3 Å². The van der Waals surface area contributed by atoms with Crippen LogP contribution < -0.4 is 0 Å². The van der Waals surface area contributed by atoms with Crippen molar-refractivity contribution in [1.82, 2.24) is 19.3 Å². The Balaban J connectivity index is 1.17. The molecule has 0 N–H and O–H groups in total. The zero-order valence-electron chi connectivity index (χ0n) is 23.1. The molecule has 0 fully saturated rings. The van der Waals surface area contributed by atoms with Gasteiger partial charge in [-0.25, -0.2) is 0 Å². The van der Waals surface area contributed by atoms with Crippen LogP contribution in [0, 0.1) is 0 Å². The van der Waals surface area contributed by atoms with E-state index < -0.39 is 0 Å². The Hall–Kier alpha value is -5.52. The highest BCUT2D eigenvalue weighted by Crippen LogP contribution is 2.39. The summed E-state index contributed by atoms with van der Waals surface area (Å²) in [6, 6.07) is 51.6. The van der Waals surface area contributed by atoms with Crippen LogP contribution in [0.2, 0.25) is 0 Å². The van der Waals surface area contributed by atoms with Crippen molar-refractivity contribution in [3.63, 3.8) is 0 Å². The maximum absolute atomic E-state index is 4.68. The second-order valence-electron chi connectivity index (χ2n) is 10.8. The van der Waals surface area contributed by atoms with Crippen LogP contribution in [0.15, 0.2) is 146 Å². The van der Waals surface area contributed by atoms with Crippen LogP contribution in [0.3, 0.4) is 0 Å². The lowest BCUT2D eigenvalue weighted by Crippen LogP contribution is -1.93. The van der Waals surface area contributed by atoms with Crippen molar-refractivity contribution in [3.8, 4) is 32.5 Å². The topological polar surface area (TPSA) is 35.6 Å². The van der Waals surface area contributed by atoms with Crippen molar-refractivity contribution >= 4 is 54.9 Å². The van der Waals surface area contributed by atoms with Gasteiger partial charge in [0.05, 0.1) is 22.1 Å². The van der Waals surface area contributed by atoms with Crippen LogP contribution in [0.5, 0.6) is 0 Å². The first-order valence-corrected chi connectivity index (χ1v) is 15.2. The minimum atomic E-state index is 0.911. The summed E-state index contributed by atoms with van der Waals surface area (Å²) in [7, 11) is 0. The quantitative estimate of drug-likeness (QED) is 0.212. The summed E-state index contributed by atoms with van der Waals surface area (Å²) in [5.74, 6) is 0. The van der Waals surface area contributed by atoms with E-state index in [-0.39, 0.29) is 0 Å². The van der Waals surface area contributed by atoms with Crippen molar-refractivity contribution in [2.75, 3.05) is 0 Å². The molecule has 0 unspecified atom stereocenters. The van der Waals surface area contributed by atoms with Crippen molar-refractivity contribution in [2.45, 2.75) is 0 Å². The van der Waals surface area contributed by atoms with Crippen molar-refractivity contribution in [1.29, 1.82) is 0 Å². The molecule has 0 radical (unpaired) electrons. The fraction of sp³-hybridized carbons (Fsp3) is 0. The van der Waals surface area contributed by atoms with Gasteiger partial charge in [0.2, 0.25) is 0 Å². The largest absolute Gasteiger partial charge is 0.309 e. The third kappa shape index (κ3) is 3.75. The molecule has 202 valence electrons. The molecule has 0 saturated carbocycles. The van der Waals surface area contributed by atoms with Gasteiger partial charge >= 0.3 is 0 Å². The van der Waals surface area contributed by atoms with Gasteiger partial charge in [0.25, 0.3) is 0 Å². The molecule has 0 atom stereocenters. The summed E-state index contributed by atoms with van der Waals surface area (Å²) in [5.41, 5.74) is 9.18. The van der Waals surface area contributed by atoms with Crippen molar-refractivity contribution in [3.05, 3.63) is 146 Å². The molecule has 0 aliphatic heterocycles. The number of fused-ring (bicyclic) bond motifs is 6. The van der Waals surface area contributed by atoms with Crippen molar-refractivity contribution < 1.29 is 0 Å². The molecule has 0 saturated heterocycles. The Labute approximate surface area is 251 Å². The SMILES string of the molecule is c1ccc(-n2c3ccccc3c3cc(-c4nnc(-c5ccc6c7ccccc7n(-c7ccccc7)c6c5)s4)ccc32)cc1. The number of rotatable bonds is 4. The average molecular weight is 569 g/mol. The predicted octanol–water partition coefficient (Wildman–Crippen LogP) is 10.1. The van der Waals surface area contributed by atoms with Crippen LogP contribution in [0.1, 0.15) is 0 Å². The van der Waals surface area contributed by atoms with Gasteiger partial charge in [-0.05, 0) is 60.7 Å². The highest BCUT2D eigenvalue weighted by Gasteiger charge is 2.17. The van der Waals surface area contributed by atoms with Crippen LogP contribution >= 0.6 is 11.3 Å². The van der Waals surface area contributed by atoms with Crippen LogP contribution in [0.4, 0.5) is 0 Å². The van der Waals surface area contributed by atoms with Crippen LogP contribution in [0.25, 0.3) is 76.1 Å². The van der Waals surface area contributed by atoms with Gasteiger partial charge < -0.3 is 9.13 Å². The fourth-order valence-corrected chi connectivity index (χ4v) is 7.21. The third-order valence-corrected chi connectivity index (χ3v) is 9.32. The van der Waals surface area contributed by atoms with E-state index in [9.17, 15) is 0 Å². The molecule has 4 nitrogen and oxygen atoms in total. The summed E-state index contributed by atoms with van der Waals surface area (Å²) in [4.78, 5) is 0. The molecule has 6 aromatic carbocycles. The first-order valence-electron chi connectivity index (χ1n) is 14.3. The maximum atomic E-state index is 4.68. The highest BCUT2D eigenvalue weighted by atomic mass is 32.1. The lowest BCUT2D eigenvalue weighted by Gasteiger charge is -2.08. The number of hydrogen-bond donors (Lipinski definition) is 0. The van der Waals surface area contributed by atoms with Gasteiger partial charge in [-0.1, -0.05) is 96.3 Å².